The van der Waals surface area contributed by atoms with Crippen LogP contribution in [0, 0.1) is 6.92 Å². The molecular formula is C11H13ClN2O3. The number of aliphatic hydroxyl groups excluding tert-OH is 1. The van der Waals surface area contributed by atoms with E-state index in [1.807, 2.05) is 6.92 Å². The second-order valence-corrected chi connectivity index (χ2v) is 4.02. The summed E-state index contributed by atoms with van der Waals surface area (Å²) in [5.41, 5.74) is 6.06. The number of primary amides is 1. The maximum atomic E-state index is 11.6. The summed E-state index contributed by atoms with van der Waals surface area (Å²) < 4.78 is 0. The lowest BCUT2D eigenvalue weighted by molar-refractivity contribution is -0.125. The zero-order valence-corrected chi connectivity index (χ0v) is 9.99. The molecule has 0 aliphatic carbocycles. The number of halogens is 1. The largest absolute Gasteiger partial charge is 0.381 e. The topological polar surface area (TPSA) is 92.4 Å². The summed E-state index contributed by atoms with van der Waals surface area (Å²) in [6.45, 7) is 1.61. The van der Waals surface area contributed by atoms with E-state index in [4.69, 9.17) is 22.4 Å². The Labute approximate surface area is 104 Å². The van der Waals surface area contributed by atoms with Gasteiger partial charge in [0.1, 0.15) is 6.10 Å². The average Bonchev–Trinajstić information content (AvgIpc) is 2.25. The summed E-state index contributed by atoms with van der Waals surface area (Å²) >= 11 is 5.89. The van der Waals surface area contributed by atoms with Crippen molar-refractivity contribution in [2.24, 2.45) is 5.73 Å². The van der Waals surface area contributed by atoms with Crippen LogP contribution < -0.4 is 11.1 Å². The van der Waals surface area contributed by atoms with E-state index in [-0.39, 0.29) is 12.1 Å². The Hall–Kier alpha value is -1.59. The van der Waals surface area contributed by atoms with Gasteiger partial charge in [0, 0.05) is 0 Å². The molecule has 1 rings (SSSR count). The van der Waals surface area contributed by atoms with Crippen LogP contribution in [-0.4, -0.2) is 29.6 Å². The van der Waals surface area contributed by atoms with Crippen LogP contribution in [0.1, 0.15) is 15.9 Å². The minimum atomic E-state index is -1.40. The molecule has 0 aliphatic heterocycles. The van der Waals surface area contributed by atoms with Gasteiger partial charge in [0.25, 0.3) is 5.91 Å². The average molecular weight is 257 g/mol. The summed E-state index contributed by atoms with van der Waals surface area (Å²) in [6, 6.07) is 4.97. The predicted octanol–water partition coefficient (Wildman–Crippen LogP) is 0.224. The Morgan fingerprint density at radius 2 is 2.18 bits per heavy atom. The maximum Gasteiger partial charge on any atom is 0.252 e. The smallest absolute Gasteiger partial charge is 0.252 e. The van der Waals surface area contributed by atoms with Crippen LogP contribution in [0.25, 0.3) is 0 Å². The molecule has 1 unspecified atom stereocenters. The molecule has 1 atom stereocenters. The third-order valence-electron chi connectivity index (χ3n) is 2.15. The zero-order valence-electron chi connectivity index (χ0n) is 9.24. The number of hydrogen-bond donors (Lipinski definition) is 3. The highest BCUT2D eigenvalue weighted by Gasteiger charge is 2.14. The number of benzene rings is 1. The van der Waals surface area contributed by atoms with Gasteiger partial charge in [-0.15, -0.1) is 0 Å². The molecule has 1 aromatic carbocycles. The third-order valence-corrected chi connectivity index (χ3v) is 2.47. The van der Waals surface area contributed by atoms with Gasteiger partial charge in [0.2, 0.25) is 5.91 Å². The van der Waals surface area contributed by atoms with Crippen molar-refractivity contribution < 1.29 is 14.7 Å². The molecule has 92 valence electrons. The minimum absolute atomic E-state index is 0.238. The molecule has 5 nitrogen and oxygen atoms in total. The molecule has 0 bridgehead atoms. The van der Waals surface area contributed by atoms with Crippen LogP contribution in [0.2, 0.25) is 5.02 Å². The first-order valence-corrected chi connectivity index (χ1v) is 5.31. The molecule has 6 heteroatoms. The predicted molar refractivity (Wildman–Crippen MR) is 63.7 cm³/mol. The number of aliphatic hydroxyl groups is 1. The summed E-state index contributed by atoms with van der Waals surface area (Å²) in [6.07, 6.45) is -1.40. The first kappa shape index (κ1) is 13.5. The summed E-state index contributed by atoms with van der Waals surface area (Å²) in [7, 11) is 0. The van der Waals surface area contributed by atoms with Gasteiger partial charge in [-0.1, -0.05) is 17.7 Å². The van der Waals surface area contributed by atoms with Gasteiger partial charge in [-0.05, 0) is 24.6 Å². The highest BCUT2D eigenvalue weighted by molar-refractivity contribution is 6.33. The van der Waals surface area contributed by atoms with Crippen molar-refractivity contribution in [1.29, 1.82) is 0 Å². The fraction of sp³-hybridized carbons (Fsp3) is 0.273. The van der Waals surface area contributed by atoms with E-state index >= 15 is 0 Å². The van der Waals surface area contributed by atoms with E-state index in [0.717, 1.165) is 5.56 Å². The Balaban J connectivity index is 2.67. The Morgan fingerprint density at radius 3 is 2.71 bits per heavy atom. The molecule has 0 aromatic heterocycles. The fourth-order valence-corrected chi connectivity index (χ4v) is 1.51. The maximum absolute atomic E-state index is 11.6. The molecule has 0 fully saturated rings. The van der Waals surface area contributed by atoms with Crippen molar-refractivity contribution in [3.8, 4) is 0 Å². The van der Waals surface area contributed by atoms with Crippen molar-refractivity contribution in [2.75, 3.05) is 6.54 Å². The van der Waals surface area contributed by atoms with E-state index in [1.54, 1.807) is 18.2 Å². The molecule has 17 heavy (non-hydrogen) atoms. The second kappa shape index (κ2) is 5.65. The number of carbonyl (C=O) groups is 2. The summed E-state index contributed by atoms with van der Waals surface area (Å²) in [5.74, 6) is -1.35. The molecule has 0 heterocycles. The van der Waals surface area contributed by atoms with Crippen LogP contribution >= 0.6 is 11.6 Å². The fourth-order valence-electron chi connectivity index (χ4n) is 1.19. The molecule has 0 saturated heterocycles. The van der Waals surface area contributed by atoms with Crippen molar-refractivity contribution >= 4 is 23.4 Å². The van der Waals surface area contributed by atoms with E-state index in [9.17, 15) is 9.59 Å². The molecule has 0 aliphatic rings. The van der Waals surface area contributed by atoms with Gasteiger partial charge >= 0.3 is 0 Å². The van der Waals surface area contributed by atoms with Crippen LogP contribution in [0.4, 0.5) is 0 Å². The number of rotatable bonds is 4. The lowest BCUT2D eigenvalue weighted by Crippen LogP contribution is -2.40. The van der Waals surface area contributed by atoms with Crippen molar-refractivity contribution in [2.45, 2.75) is 13.0 Å². The number of aryl methyl sites for hydroxylation is 1. The lowest BCUT2D eigenvalue weighted by atomic mass is 10.1. The molecule has 0 spiro atoms. The van der Waals surface area contributed by atoms with Crippen molar-refractivity contribution in [1.82, 2.24) is 5.32 Å². The van der Waals surface area contributed by atoms with E-state index in [0.29, 0.717) is 5.02 Å². The summed E-state index contributed by atoms with van der Waals surface area (Å²) in [4.78, 5) is 22.2. The monoisotopic (exact) mass is 256 g/mol. The first-order chi connectivity index (χ1) is 7.91. The molecule has 2 amide bonds. The van der Waals surface area contributed by atoms with Crippen LogP contribution in [0.3, 0.4) is 0 Å². The first-order valence-electron chi connectivity index (χ1n) is 4.93. The lowest BCUT2D eigenvalue weighted by Gasteiger charge is -2.09. The molecule has 0 saturated carbocycles. The number of carbonyl (C=O) groups excluding carboxylic acids is 2. The van der Waals surface area contributed by atoms with Gasteiger partial charge in [-0.3, -0.25) is 9.59 Å². The van der Waals surface area contributed by atoms with Crippen LogP contribution in [-0.2, 0) is 4.79 Å². The molecule has 4 N–H and O–H groups in total. The van der Waals surface area contributed by atoms with Gasteiger partial charge < -0.3 is 16.2 Å². The van der Waals surface area contributed by atoms with E-state index in [1.165, 1.54) is 0 Å². The van der Waals surface area contributed by atoms with Gasteiger partial charge in [-0.2, -0.15) is 0 Å². The van der Waals surface area contributed by atoms with E-state index in [2.05, 4.69) is 5.32 Å². The zero-order chi connectivity index (χ0) is 13.0. The van der Waals surface area contributed by atoms with Crippen LogP contribution in [0.5, 0.6) is 0 Å². The summed E-state index contributed by atoms with van der Waals surface area (Å²) in [5, 5.41) is 11.8. The minimum Gasteiger partial charge on any atom is -0.381 e. The number of amides is 2. The SMILES string of the molecule is Cc1ccc(C(=O)NCC(O)C(N)=O)c(Cl)c1. The Morgan fingerprint density at radius 1 is 1.53 bits per heavy atom. The van der Waals surface area contributed by atoms with E-state index < -0.39 is 17.9 Å². The normalized spacial score (nSPS) is 11.9. The van der Waals surface area contributed by atoms with Gasteiger partial charge in [0.05, 0.1) is 17.1 Å². The highest BCUT2D eigenvalue weighted by atomic mass is 35.5. The molecular weight excluding hydrogens is 244 g/mol. The molecule has 0 radical (unpaired) electrons. The number of hydrogen-bond acceptors (Lipinski definition) is 3. The van der Waals surface area contributed by atoms with Gasteiger partial charge in [0.15, 0.2) is 0 Å². The van der Waals surface area contributed by atoms with Crippen molar-refractivity contribution in [3.63, 3.8) is 0 Å². The molecule has 1 aromatic rings. The number of nitrogens with one attached hydrogen (secondary N) is 1. The quantitative estimate of drug-likeness (QED) is 0.720. The Bertz CT molecular complexity index is 448. The second-order valence-electron chi connectivity index (χ2n) is 3.61. The Kier molecular flexibility index (Phi) is 4.48. The van der Waals surface area contributed by atoms with Crippen LogP contribution in [0.15, 0.2) is 18.2 Å². The number of nitrogens with two attached hydrogens (primary N) is 1. The van der Waals surface area contributed by atoms with Crippen molar-refractivity contribution in [3.05, 3.63) is 34.3 Å². The van der Waals surface area contributed by atoms with Gasteiger partial charge in [-0.25, -0.2) is 0 Å². The highest BCUT2D eigenvalue weighted by Crippen LogP contribution is 2.17. The third kappa shape index (κ3) is 3.72. The standard InChI is InChI=1S/C11H13ClN2O3/c1-6-2-3-7(8(12)4-6)11(17)14-5-9(15)10(13)16/h2-4,9,15H,5H2,1H3,(H2,13,16)(H,14,17).